The van der Waals surface area contributed by atoms with Crippen molar-refractivity contribution in [3.05, 3.63) is 83.5 Å². The molecule has 0 saturated heterocycles. The minimum absolute atomic E-state index is 0.0417. The highest BCUT2D eigenvalue weighted by atomic mass is 32.2. The molecule has 1 amide bonds. The molecular formula is C20H18N4O5S2. The van der Waals surface area contributed by atoms with Gasteiger partial charge in [-0.1, -0.05) is 23.5 Å². The van der Waals surface area contributed by atoms with Crippen LogP contribution in [-0.4, -0.2) is 41.6 Å². The van der Waals surface area contributed by atoms with Gasteiger partial charge in [0.2, 0.25) is 10.0 Å². The summed E-state index contributed by atoms with van der Waals surface area (Å²) in [5.74, 6) is -0.480. The highest BCUT2D eigenvalue weighted by Gasteiger charge is 2.23. The van der Waals surface area contributed by atoms with Gasteiger partial charge >= 0.3 is 0 Å². The van der Waals surface area contributed by atoms with Gasteiger partial charge in [0.25, 0.3) is 11.6 Å². The van der Waals surface area contributed by atoms with Crippen LogP contribution in [0.3, 0.4) is 0 Å². The predicted molar refractivity (Wildman–Crippen MR) is 120 cm³/mol. The standard InChI is InChI=1S/C20H18N4O5S2/c1-3-11-23(12-4-2)31(28,29)16-8-5-14(6-9-16)19(25)22-20-21-17-10-7-15(24(26)27)13-18(17)30-20/h3-10,13H,1-2,11-12H2,(H,21,22,25). The minimum atomic E-state index is -3.76. The van der Waals surface area contributed by atoms with E-state index in [2.05, 4.69) is 23.5 Å². The first kappa shape index (κ1) is 22.3. The van der Waals surface area contributed by atoms with Gasteiger partial charge in [0.05, 0.1) is 20.0 Å². The maximum Gasteiger partial charge on any atom is 0.270 e. The first-order valence-electron chi connectivity index (χ1n) is 8.94. The number of nitro benzene ring substituents is 1. The lowest BCUT2D eigenvalue weighted by Crippen LogP contribution is -2.31. The summed E-state index contributed by atoms with van der Waals surface area (Å²) < 4.78 is 27.2. The highest BCUT2D eigenvalue weighted by molar-refractivity contribution is 7.89. The lowest BCUT2D eigenvalue weighted by molar-refractivity contribution is -0.384. The van der Waals surface area contributed by atoms with Crippen molar-refractivity contribution in [3.8, 4) is 0 Å². The van der Waals surface area contributed by atoms with Crippen LogP contribution in [0.1, 0.15) is 10.4 Å². The van der Waals surface area contributed by atoms with E-state index in [-0.39, 0.29) is 34.4 Å². The molecule has 1 aromatic heterocycles. The molecule has 1 heterocycles. The molecule has 0 saturated carbocycles. The molecule has 9 nitrogen and oxygen atoms in total. The van der Waals surface area contributed by atoms with E-state index >= 15 is 0 Å². The fourth-order valence-corrected chi connectivity index (χ4v) is 5.01. The fraction of sp³-hybridized carbons (Fsp3) is 0.100. The molecule has 0 fully saturated rings. The number of rotatable bonds is 9. The molecule has 0 unspecified atom stereocenters. The van der Waals surface area contributed by atoms with Gasteiger partial charge in [-0.2, -0.15) is 4.31 Å². The van der Waals surface area contributed by atoms with Crippen molar-refractivity contribution in [3.63, 3.8) is 0 Å². The molecule has 31 heavy (non-hydrogen) atoms. The number of aromatic nitrogens is 1. The fourth-order valence-electron chi connectivity index (χ4n) is 2.74. The van der Waals surface area contributed by atoms with Crippen LogP contribution >= 0.6 is 11.3 Å². The molecule has 1 N–H and O–H groups in total. The van der Waals surface area contributed by atoms with Crippen molar-refractivity contribution in [2.45, 2.75) is 4.90 Å². The van der Waals surface area contributed by atoms with E-state index in [4.69, 9.17) is 0 Å². The van der Waals surface area contributed by atoms with E-state index in [9.17, 15) is 23.3 Å². The van der Waals surface area contributed by atoms with Crippen LogP contribution in [0.4, 0.5) is 10.8 Å². The Hall–Kier alpha value is -3.41. The zero-order valence-corrected chi connectivity index (χ0v) is 17.9. The van der Waals surface area contributed by atoms with Crippen molar-refractivity contribution in [2.24, 2.45) is 0 Å². The quantitative estimate of drug-likeness (QED) is 0.295. The number of amides is 1. The number of nitro groups is 1. The average molecular weight is 459 g/mol. The molecule has 160 valence electrons. The predicted octanol–water partition coefficient (Wildman–Crippen LogP) is 3.82. The van der Waals surface area contributed by atoms with E-state index in [1.165, 1.54) is 58.9 Å². The Kier molecular flexibility index (Phi) is 6.59. The summed E-state index contributed by atoms with van der Waals surface area (Å²) in [6.45, 7) is 7.39. The number of carbonyl (C=O) groups excluding carboxylic acids is 1. The lowest BCUT2D eigenvalue weighted by atomic mass is 10.2. The second kappa shape index (κ2) is 9.16. The highest BCUT2D eigenvalue weighted by Crippen LogP contribution is 2.29. The molecular weight excluding hydrogens is 440 g/mol. The monoisotopic (exact) mass is 458 g/mol. The van der Waals surface area contributed by atoms with Crippen LogP contribution < -0.4 is 5.32 Å². The second-order valence-corrected chi connectivity index (χ2v) is 9.27. The largest absolute Gasteiger partial charge is 0.298 e. The van der Waals surface area contributed by atoms with E-state index in [0.29, 0.717) is 10.2 Å². The Bertz CT molecular complexity index is 1260. The number of hydrogen-bond donors (Lipinski definition) is 1. The number of carbonyl (C=O) groups is 1. The molecule has 0 spiro atoms. The van der Waals surface area contributed by atoms with Crippen molar-refractivity contribution >= 4 is 48.3 Å². The Labute approximate surface area is 182 Å². The maximum atomic E-state index is 12.7. The van der Waals surface area contributed by atoms with Crippen molar-refractivity contribution < 1.29 is 18.1 Å². The van der Waals surface area contributed by atoms with Gasteiger partial charge in [0.15, 0.2) is 5.13 Å². The van der Waals surface area contributed by atoms with Gasteiger partial charge < -0.3 is 0 Å². The van der Waals surface area contributed by atoms with Crippen molar-refractivity contribution in [1.82, 2.24) is 9.29 Å². The zero-order valence-electron chi connectivity index (χ0n) is 16.2. The Balaban J connectivity index is 1.78. The number of nitrogens with zero attached hydrogens (tertiary/aromatic N) is 3. The topological polar surface area (TPSA) is 123 Å². The van der Waals surface area contributed by atoms with E-state index in [1.807, 2.05) is 0 Å². The number of benzene rings is 2. The van der Waals surface area contributed by atoms with Crippen LogP contribution in [0.25, 0.3) is 10.2 Å². The Morgan fingerprint density at radius 3 is 2.39 bits per heavy atom. The van der Waals surface area contributed by atoms with E-state index in [1.54, 1.807) is 0 Å². The molecule has 2 aromatic carbocycles. The minimum Gasteiger partial charge on any atom is -0.298 e. The summed E-state index contributed by atoms with van der Waals surface area (Å²) in [4.78, 5) is 27.2. The molecule has 0 atom stereocenters. The first-order valence-corrected chi connectivity index (χ1v) is 11.2. The molecule has 0 aliphatic heterocycles. The summed E-state index contributed by atoms with van der Waals surface area (Å²) >= 11 is 1.11. The average Bonchev–Trinajstić information content (AvgIpc) is 3.15. The third-order valence-electron chi connectivity index (χ3n) is 4.22. The van der Waals surface area contributed by atoms with Crippen LogP contribution in [0.15, 0.2) is 72.7 Å². The van der Waals surface area contributed by atoms with E-state index < -0.39 is 20.9 Å². The third kappa shape index (κ3) is 4.85. The summed E-state index contributed by atoms with van der Waals surface area (Å²) in [6, 6.07) is 9.75. The summed E-state index contributed by atoms with van der Waals surface area (Å²) in [5, 5.41) is 13.8. The molecule has 3 rings (SSSR count). The van der Waals surface area contributed by atoms with Crippen molar-refractivity contribution in [2.75, 3.05) is 18.4 Å². The number of fused-ring (bicyclic) bond motifs is 1. The Morgan fingerprint density at radius 2 is 1.81 bits per heavy atom. The van der Waals surface area contributed by atoms with Crippen LogP contribution in [0.2, 0.25) is 0 Å². The maximum absolute atomic E-state index is 12.7. The van der Waals surface area contributed by atoms with Crippen molar-refractivity contribution in [1.29, 1.82) is 0 Å². The number of hydrogen-bond acceptors (Lipinski definition) is 7. The number of non-ortho nitro benzene ring substituents is 1. The van der Waals surface area contributed by atoms with Gasteiger partial charge in [-0.25, -0.2) is 13.4 Å². The van der Waals surface area contributed by atoms with Crippen LogP contribution in [0, 0.1) is 10.1 Å². The number of anilines is 1. The van der Waals surface area contributed by atoms with E-state index in [0.717, 1.165) is 11.3 Å². The molecule has 0 radical (unpaired) electrons. The number of sulfonamides is 1. The van der Waals surface area contributed by atoms with Crippen LogP contribution in [-0.2, 0) is 10.0 Å². The van der Waals surface area contributed by atoms with Gasteiger partial charge in [-0.3, -0.25) is 20.2 Å². The summed E-state index contributed by atoms with van der Waals surface area (Å²) in [7, 11) is -3.76. The third-order valence-corrected chi connectivity index (χ3v) is 7.00. The smallest absolute Gasteiger partial charge is 0.270 e. The molecule has 0 bridgehead atoms. The lowest BCUT2D eigenvalue weighted by Gasteiger charge is -2.19. The molecule has 0 aliphatic rings. The normalized spacial score (nSPS) is 11.4. The number of thiazole rings is 1. The van der Waals surface area contributed by atoms with Gasteiger partial charge in [-0.15, -0.1) is 13.2 Å². The summed E-state index contributed by atoms with van der Waals surface area (Å²) in [5.41, 5.74) is 0.702. The molecule has 3 aromatic rings. The van der Waals surface area contributed by atoms with Crippen LogP contribution in [0.5, 0.6) is 0 Å². The van der Waals surface area contributed by atoms with Gasteiger partial charge in [-0.05, 0) is 30.3 Å². The first-order chi connectivity index (χ1) is 14.8. The molecule has 11 heteroatoms. The second-order valence-electron chi connectivity index (χ2n) is 6.31. The SMILES string of the molecule is C=CCN(CC=C)S(=O)(=O)c1ccc(C(=O)Nc2nc3ccc([N+](=O)[O-])cc3s2)cc1. The van der Waals surface area contributed by atoms with Gasteiger partial charge in [0, 0.05) is 30.8 Å². The number of nitrogens with one attached hydrogen (secondary N) is 1. The van der Waals surface area contributed by atoms with Gasteiger partial charge in [0.1, 0.15) is 0 Å². The molecule has 0 aliphatic carbocycles. The zero-order chi connectivity index (χ0) is 22.6. The Morgan fingerprint density at radius 1 is 1.16 bits per heavy atom. The summed E-state index contributed by atoms with van der Waals surface area (Å²) in [6.07, 6.45) is 2.96.